The average Bonchev–Trinajstić information content (AvgIpc) is 3.18. The summed E-state index contributed by atoms with van der Waals surface area (Å²) in [5.41, 5.74) is 1.04. The van der Waals surface area contributed by atoms with Crippen LogP contribution in [0.15, 0.2) is 12.1 Å². The van der Waals surface area contributed by atoms with E-state index < -0.39 is 5.97 Å². The van der Waals surface area contributed by atoms with Crippen LogP contribution in [0.2, 0.25) is 0 Å². The van der Waals surface area contributed by atoms with E-state index in [0.717, 1.165) is 18.2 Å². The highest BCUT2D eigenvalue weighted by Gasteiger charge is 2.21. The molecule has 0 bridgehead atoms. The Hall–Kier alpha value is -1.62. The van der Waals surface area contributed by atoms with E-state index in [1.807, 2.05) is 18.9 Å². The summed E-state index contributed by atoms with van der Waals surface area (Å²) in [6, 6.07) is 3.31. The van der Waals surface area contributed by atoms with Gasteiger partial charge in [0.05, 0.1) is 6.61 Å². The maximum Gasteiger partial charge on any atom is 0.339 e. The zero-order valence-electron chi connectivity index (χ0n) is 11.4. The van der Waals surface area contributed by atoms with E-state index in [1.165, 1.54) is 12.8 Å². The third kappa shape index (κ3) is 3.92. The normalized spacial score (nSPS) is 14.4. The van der Waals surface area contributed by atoms with Crippen molar-refractivity contribution in [1.29, 1.82) is 0 Å². The Labute approximate surface area is 113 Å². The lowest BCUT2D eigenvalue weighted by molar-refractivity contribution is 0.0697. The molecule has 1 aliphatic carbocycles. The summed E-state index contributed by atoms with van der Waals surface area (Å²) in [6.07, 6.45) is 2.55. The molecule has 1 saturated carbocycles. The molecule has 0 spiro atoms. The lowest BCUT2D eigenvalue weighted by Crippen LogP contribution is -2.26. The third-order valence-electron chi connectivity index (χ3n) is 3.23. The molecule has 1 aromatic rings. The minimum atomic E-state index is -0.951. The van der Waals surface area contributed by atoms with E-state index in [2.05, 4.69) is 4.98 Å². The number of hydrogen-bond acceptors (Lipinski definition) is 4. The van der Waals surface area contributed by atoms with Crippen molar-refractivity contribution in [1.82, 2.24) is 4.98 Å². The highest BCUT2D eigenvalue weighted by Crippen LogP contribution is 2.28. The Bertz CT molecular complexity index is 458. The second kappa shape index (κ2) is 6.02. The minimum absolute atomic E-state index is 0.232. The van der Waals surface area contributed by atoms with Crippen LogP contribution in [0.4, 0.5) is 5.82 Å². The summed E-state index contributed by atoms with van der Waals surface area (Å²) in [4.78, 5) is 17.3. The molecule has 0 amide bonds. The largest absolute Gasteiger partial charge is 0.478 e. The van der Waals surface area contributed by atoms with Crippen molar-refractivity contribution in [3.05, 3.63) is 23.4 Å². The molecule has 1 aliphatic rings. The Morgan fingerprint density at radius 3 is 2.89 bits per heavy atom. The lowest BCUT2D eigenvalue weighted by atomic mass is 10.2. The minimum Gasteiger partial charge on any atom is -0.478 e. The van der Waals surface area contributed by atoms with Gasteiger partial charge < -0.3 is 14.7 Å². The molecule has 0 aliphatic heterocycles. The van der Waals surface area contributed by atoms with Crippen LogP contribution in [0, 0.1) is 12.8 Å². The number of nitrogens with zero attached hydrogens (tertiary/aromatic N) is 2. The molecule has 0 radical (unpaired) electrons. The molecule has 0 unspecified atom stereocenters. The first-order chi connectivity index (χ1) is 9.08. The van der Waals surface area contributed by atoms with Crippen LogP contribution in [0.1, 0.15) is 28.9 Å². The molecule has 0 saturated heterocycles. The smallest absolute Gasteiger partial charge is 0.339 e. The summed E-state index contributed by atoms with van der Waals surface area (Å²) in [5, 5.41) is 9.16. The maximum absolute atomic E-state index is 11.2. The van der Waals surface area contributed by atoms with E-state index in [4.69, 9.17) is 9.84 Å². The van der Waals surface area contributed by atoms with Gasteiger partial charge in [0.15, 0.2) is 0 Å². The van der Waals surface area contributed by atoms with E-state index in [0.29, 0.717) is 19.0 Å². The summed E-state index contributed by atoms with van der Waals surface area (Å²) in [6.45, 7) is 3.92. The van der Waals surface area contributed by atoms with Gasteiger partial charge in [-0.1, -0.05) is 0 Å². The molecule has 1 N–H and O–H groups in total. The first-order valence-corrected chi connectivity index (χ1v) is 6.57. The number of ether oxygens (including phenoxy) is 1. The van der Waals surface area contributed by atoms with Gasteiger partial charge in [-0.05, 0) is 37.8 Å². The van der Waals surface area contributed by atoms with E-state index in [1.54, 1.807) is 12.1 Å². The fourth-order valence-electron chi connectivity index (χ4n) is 1.84. The molecule has 104 valence electrons. The Kier molecular flexibility index (Phi) is 4.37. The van der Waals surface area contributed by atoms with Crippen LogP contribution in [-0.2, 0) is 4.74 Å². The first kappa shape index (κ1) is 13.8. The number of carboxylic acid groups (broad SMARTS) is 1. The number of carbonyl (C=O) groups is 1. The number of aromatic nitrogens is 1. The Morgan fingerprint density at radius 1 is 1.53 bits per heavy atom. The quantitative estimate of drug-likeness (QED) is 0.763. The number of aromatic carboxylic acids is 1. The first-order valence-electron chi connectivity index (χ1n) is 6.57. The monoisotopic (exact) mass is 264 g/mol. The van der Waals surface area contributed by atoms with Crippen LogP contribution in [-0.4, -0.2) is 42.9 Å². The van der Waals surface area contributed by atoms with Gasteiger partial charge in [0.25, 0.3) is 0 Å². The van der Waals surface area contributed by atoms with E-state index in [-0.39, 0.29) is 5.56 Å². The lowest BCUT2D eigenvalue weighted by Gasteiger charge is -2.20. The fraction of sp³-hybridized carbons (Fsp3) is 0.571. The van der Waals surface area contributed by atoms with Gasteiger partial charge in [0, 0.05) is 25.9 Å². The number of likely N-dealkylation sites (N-methyl/N-ethyl adjacent to an activating group) is 1. The van der Waals surface area contributed by atoms with Crippen molar-refractivity contribution in [2.45, 2.75) is 19.8 Å². The van der Waals surface area contributed by atoms with Gasteiger partial charge in [-0.15, -0.1) is 0 Å². The molecule has 2 rings (SSSR count). The van der Waals surface area contributed by atoms with Crippen molar-refractivity contribution < 1.29 is 14.6 Å². The molecular weight excluding hydrogens is 244 g/mol. The van der Waals surface area contributed by atoms with E-state index in [9.17, 15) is 4.79 Å². The van der Waals surface area contributed by atoms with Gasteiger partial charge in [-0.25, -0.2) is 9.78 Å². The van der Waals surface area contributed by atoms with Crippen molar-refractivity contribution in [3.63, 3.8) is 0 Å². The van der Waals surface area contributed by atoms with Crippen molar-refractivity contribution in [2.75, 3.05) is 31.7 Å². The van der Waals surface area contributed by atoms with Gasteiger partial charge in [-0.2, -0.15) is 0 Å². The summed E-state index contributed by atoms with van der Waals surface area (Å²) in [5.74, 6) is 0.299. The highest BCUT2D eigenvalue weighted by atomic mass is 16.5. The summed E-state index contributed by atoms with van der Waals surface area (Å²) >= 11 is 0. The molecule has 5 heteroatoms. The van der Waals surface area contributed by atoms with Gasteiger partial charge >= 0.3 is 5.97 Å². The highest BCUT2D eigenvalue weighted by molar-refractivity contribution is 5.93. The number of aryl methyl sites for hydroxylation is 1. The number of carboxylic acids is 1. The predicted molar refractivity (Wildman–Crippen MR) is 72.7 cm³/mol. The molecule has 19 heavy (non-hydrogen) atoms. The van der Waals surface area contributed by atoms with Crippen LogP contribution in [0.5, 0.6) is 0 Å². The molecule has 5 nitrogen and oxygen atoms in total. The average molecular weight is 264 g/mol. The molecule has 1 heterocycles. The van der Waals surface area contributed by atoms with Gasteiger partial charge in [-0.3, -0.25) is 0 Å². The zero-order chi connectivity index (χ0) is 13.8. The Morgan fingerprint density at radius 2 is 2.26 bits per heavy atom. The molecule has 1 aromatic heterocycles. The number of hydrogen-bond donors (Lipinski definition) is 1. The third-order valence-corrected chi connectivity index (χ3v) is 3.23. The number of rotatable bonds is 7. The molecule has 0 atom stereocenters. The van der Waals surface area contributed by atoms with Gasteiger partial charge in [0.2, 0.25) is 0 Å². The van der Waals surface area contributed by atoms with Crippen LogP contribution >= 0.6 is 0 Å². The second-order valence-corrected chi connectivity index (χ2v) is 5.07. The van der Waals surface area contributed by atoms with Crippen LogP contribution < -0.4 is 4.90 Å². The van der Waals surface area contributed by atoms with Crippen molar-refractivity contribution >= 4 is 11.8 Å². The van der Waals surface area contributed by atoms with Crippen LogP contribution in [0.3, 0.4) is 0 Å². The standard InChI is InChI=1S/C14H20N2O3/c1-10-3-6-12(14(17)18)13(15-10)16(2)7-8-19-9-11-4-5-11/h3,6,11H,4-5,7-9H2,1-2H3,(H,17,18). The molecule has 0 aromatic carbocycles. The second-order valence-electron chi connectivity index (χ2n) is 5.07. The number of anilines is 1. The Balaban J connectivity index is 1.93. The van der Waals surface area contributed by atoms with Gasteiger partial charge in [0.1, 0.15) is 11.4 Å². The maximum atomic E-state index is 11.2. The van der Waals surface area contributed by atoms with Crippen LogP contribution in [0.25, 0.3) is 0 Å². The SMILES string of the molecule is Cc1ccc(C(=O)O)c(N(C)CCOCC2CC2)n1. The van der Waals surface area contributed by atoms with Crippen molar-refractivity contribution in [2.24, 2.45) is 5.92 Å². The molecular formula is C14H20N2O3. The summed E-state index contributed by atoms with van der Waals surface area (Å²) in [7, 11) is 1.84. The van der Waals surface area contributed by atoms with E-state index >= 15 is 0 Å². The summed E-state index contributed by atoms with van der Waals surface area (Å²) < 4.78 is 5.56. The molecule has 1 fully saturated rings. The fourth-order valence-corrected chi connectivity index (χ4v) is 1.84. The number of pyridine rings is 1. The predicted octanol–water partition coefficient (Wildman–Crippen LogP) is 1.95. The topological polar surface area (TPSA) is 62.7 Å². The van der Waals surface area contributed by atoms with Crippen molar-refractivity contribution in [3.8, 4) is 0 Å². The zero-order valence-corrected chi connectivity index (χ0v) is 11.4.